The smallest absolute Gasteiger partial charge is 0.243 e. The highest BCUT2D eigenvalue weighted by Gasteiger charge is 2.29. The van der Waals surface area contributed by atoms with Crippen LogP contribution in [0.25, 0.3) is 0 Å². The van der Waals surface area contributed by atoms with Crippen molar-refractivity contribution in [2.24, 2.45) is 5.92 Å². The summed E-state index contributed by atoms with van der Waals surface area (Å²) in [5, 5.41) is 3.73. The number of rotatable bonds is 6. The molecular weight excluding hydrogens is 382 g/mol. The number of carbonyl (C=O) groups is 1. The minimum atomic E-state index is -3.57. The Kier molecular flexibility index (Phi) is 5.98. The van der Waals surface area contributed by atoms with Crippen molar-refractivity contribution in [1.29, 1.82) is 0 Å². The number of aryl methyl sites for hydroxylation is 2. The van der Waals surface area contributed by atoms with Gasteiger partial charge in [0.1, 0.15) is 0 Å². The summed E-state index contributed by atoms with van der Waals surface area (Å²) in [6.45, 7) is 7.12. The van der Waals surface area contributed by atoms with Gasteiger partial charge in [0.15, 0.2) is 10.9 Å². The third-order valence-corrected chi connectivity index (χ3v) is 7.73. The zero-order valence-corrected chi connectivity index (χ0v) is 17.5. The van der Waals surface area contributed by atoms with Gasteiger partial charge in [-0.1, -0.05) is 19.1 Å². The standard InChI is InChI=1S/C19H25N3O3S2/c1-13-6-5-9-22(12-13)27(24,25)17-8-4-7-16(10-17)18(23)11-20-19-21-14(2)15(3)26-19/h4,7-8,10,13H,5-6,9,11-12H2,1-3H3,(H,20,21). The van der Waals surface area contributed by atoms with E-state index in [1.807, 2.05) is 13.8 Å². The highest BCUT2D eigenvalue weighted by atomic mass is 32.2. The van der Waals surface area contributed by atoms with Crippen molar-refractivity contribution >= 4 is 32.3 Å². The lowest BCUT2D eigenvalue weighted by Crippen LogP contribution is -2.39. The van der Waals surface area contributed by atoms with Gasteiger partial charge in [0, 0.05) is 23.5 Å². The van der Waals surface area contributed by atoms with E-state index in [9.17, 15) is 13.2 Å². The predicted molar refractivity (Wildman–Crippen MR) is 108 cm³/mol. The molecule has 0 bridgehead atoms. The summed E-state index contributed by atoms with van der Waals surface area (Å²) in [7, 11) is -3.57. The van der Waals surface area contributed by atoms with Crippen LogP contribution in [0.2, 0.25) is 0 Å². The quantitative estimate of drug-likeness (QED) is 0.742. The predicted octanol–water partition coefficient (Wildman–Crippen LogP) is 3.48. The highest BCUT2D eigenvalue weighted by molar-refractivity contribution is 7.89. The molecule has 0 amide bonds. The molecule has 1 unspecified atom stereocenters. The molecule has 0 spiro atoms. The molecule has 0 radical (unpaired) electrons. The van der Waals surface area contributed by atoms with Gasteiger partial charge < -0.3 is 5.32 Å². The van der Waals surface area contributed by atoms with Gasteiger partial charge in [-0.3, -0.25) is 4.79 Å². The van der Waals surface area contributed by atoms with Gasteiger partial charge in [0.25, 0.3) is 0 Å². The fourth-order valence-electron chi connectivity index (χ4n) is 3.15. The molecule has 0 aliphatic carbocycles. The number of sulfonamides is 1. The van der Waals surface area contributed by atoms with Crippen LogP contribution in [0.5, 0.6) is 0 Å². The van der Waals surface area contributed by atoms with Crippen LogP contribution >= 0.6 is 11.3 Å². The minimum absolute atomic E-state index is 0.0800. The summed E-state index contributed by atoms with van der Waals surface area (Å²) in [4.78, 5) is 18.2. The van der Waals surface area contributed by atoms with Gasteiger partial charge in [-0.25, -0.2) is 13.4 Å². The number of anilines is 1. The SMILES string of the molecule is Cc1nc(NCC(=O)c2cccc(S(=O)(=O)N3CCCC(C)C3)c2)sc1C. The van der Waals surface area contributed by atoms with Crippen molar-refractivity contribution in [3.63, 3.8) is 0 Å². The van der Waals surface area contributed by atoms with Crippen molar-refractivity contribution in [3.05, 3.63) is 40.4 Å². The maximum atomic E-state index is 12.9. The lowest BCUT2D eigenvalue weighted by Gasteiger charge is -2.30. The average Bonchev–Trinajstić information content (AvgIpc) is 2.97. The van der Waals surface area contributed by atoms with Gasteiger partial charge in [0.05, 0.1) is 17.1 Å². The van der Waals surface area contributed by atoms with Crippen LogP contribution in [0, 0.1) is 19.8 Å². The number of piperidine rings is 1. The Morgan fingerprint density at radius 1 is 1.37 bits per heavy atom. The number of hydrogen-bond donors (Lipinski definition) is 1. The van der Waals surface area contributed by atoms with E-state index in [4.69, 9.17) is 0 Å². The molecule has 3 rings (SSSR count). The summed E-state index contributed by atoms with van der Waals surface area (Å²) < 4.78 is 27.4. The first kappa shape index (κ1) is 20.0. The molecule has 6 nitrogen and oxygen atoms in total. The van der Waals surface area contributed by atoms with Gasteiger partial charge in [0.2, 0.25) is 10.0 Å². The number of Topliss-reactive ketones (excluding diaryl/α,β-unsaturated/α-hetero) is 1. The van der Waals surface area contributed by atoms with Crippen LogP contribution in [0.3, 0.4) is 0 Å². The Hall–Kier alpha value is -1.77. The topological polar surface area (TPSA) is 79.4 Å². The second kappa shape index (κ2) is 8.08. The molecule has 8 heteroatoms. The molecule has 146 valence electrons. The summed E-state index contributed by atoms with van der Waals surface area (Å²) in [6.07, 6.45) is 1.92. The van der Waals surface area contributed by atoms with Crippen LogP contribution in [-0.4, -0.2) is 43.1 Å². The van der Waals surface area contributed by atoms with Gasteiger partial charge in [-0.15, -0.1) is 11.3 Å². The van der Waals surface area contributed by atoms with E-state index in [2.05, 4.69) is 17.2 Å². The third-order valence-electron chi connectivity index (χ3n) is 4.84. The van der Waals surface area contributed by atoms with Crippen LogP contribution in [-0.2, 0) is 10.0 Å². The normalized spacial score (nSPS) is 18.4. The highest BCUT2D eigenvalue weighted by Crippen LogP contribution is 2.24. The van der Waals surface area contributed by atoms with Crippen LogP contribution in [0.1, 0.15) is 40.7 Å². The number of nitrogens with one attached hydrogen (secondary N) is 1. The first-order chi connectivity index (χ1) is 12.8. The van der Waals surface area contributed by atoms with Crippen molar-refractivity contribution in [2.45, 2.75) is 38.5 Å². The maximum Gasteiger partial charge on any atom is 0.243 e. The minimum Gasteiger partial charge on any atom is -0.354 e. The number of aromatic nitrogens is 1. The van der Waals surface area contributed by atoms with Crippen LogP contribution < -0.4 is 5.32 Å². The van der Waals surface area contributed by atoms with E-state index < -0.39 is 10.0 Å². The molecular formula is C19H25N3O3S2. The molecule has 2 heterocycles. The van der Waals surface area contributed by atoms with E-state index in [0.717, 1.165) is 23.4 Å². The number of thiazole rings is 1. The molecule has 1 aromatic heterocycles. The van der Waals surface area contributed by atoms with E-state index in [-0.39, 0.29) is 17.2 Å². The molecule has 0 saturated carbocycles. The van der Waals surface area contributed by atoms with E-state index in [1.165, 1.54) is 21.7 Å². The zero-order chi connectivity index (χ0) is 19.6. The molecule has 1 aliphatic heterocycles. The van der Waals surface area contributed by atoms with E-state index in [1.54, 1.807) is 18.2 Å². The summed E-state index contributed by atoms with van der Waals surface area (Å²) in [5.74, 6) is 0.192. The first-order valence-electron chi connectivity index (χ1n) is 9.08. The number of nitrogens with zero attached hydrogens (tertiary/aromatic N) is 2. The molecule has 1 aliphatic rings. The van der Waals surface area contributed by atoms with Crippen LogP contribution in [0.4, 0.5) is 5.13 Å². The average molecular weight is 408 g/mol. The molecule has 1 fully saturated rings. The molecule has 1 aromatic carbocycles. The van der Waals surface area contributed by atoms with Crippen molar-refractivity contribution < 1.29 is 13.2 Å². The molecule has 1 saturated heterocycles. The second-order valence-electron chi connectivity index (χ2n) is 7.08. The number of carbonyl (C=O) groups excluding carboxylic acids is 1. The Morgan fingerprint density at radius 2 is 2.15 bits per heavy atom. The molecule has 1 atom stereocenters. The Balaban J connectivity index is 1.73. The molecule has 27 heavy (non-hydrogen) atoms. The largest absolute Gasteiger partial charge is 0.354 e. The lowest BCUT2D eigenvalue weighted by molar-refractivity contribution is 0.101. The number of benzene rings is 1. The summed E-state index contributed by atoms with van der Waals surface area (Å²) in [6, 6.07) is 6.33. The summed E-state index contributed by atoms with van der Waals surface area (Å²) in [5.41, 5.74) is 1.33. The second-order valence-corrected chi connectivity index (χ2v) is 10.2. The monoisotopic (exact) mass is 407 g/mol. The van der Waals surface area contributed by atoms with Crippen LogP contribution in [0.15, 0.2) is 29.2 Å². The molecule has 1 N–H and O–H groups in total. The van der Waals surface area contributed by atoms with Crippen molar-refractivity contribution in [3.8, 4) is 0 Å². The van der Waals surface area contributed by atoms with Gasteiger partial charge in [-0.2, -0.15) is 4.31 Å². The van der Waals surface area contributed by atoms with Gasteiger partial charge >= 0.3 is 0 Å². The molecule has 2 aromatic rings. The van der Waals surface area contributed by atoms with Crippen molar-refractivity contribution in [1.82, 2.24) is 9.29 Å². The van der Waals surface area contributed by atoms with Crippen molar-refractivity contribution in [2.75, 3.05) is 25.0 Å². The Labute approximate surface area is 164 Å². The fourth-order valence-corrected chi connectivity index (χ4v) is 5.61. The van der Waals surface area contributed by atoms with E-state index >= 15 is 0 Å². The van der Waals surface area contributed by atoms with Gasteiger partial charge in [-0.05, 0) is 44.7 Å². The zero-order valence-electron chi connectivity index (χ0n) is 15.9. The Bertz CT molecular complexity index is 918. The third kappa shape index (κ3) is 4.56. The number of hydrogen-bond acceptors (Lipinski definition) is 6. The lowest BCUT2D eigenvalue weighted by atomic mass is 10.0. The van der Waals surface area contributed by atoms with E-state index in [0.29, 0.717) is 29.7 Å². The first-order valence-corrected chi connectivity index (χ1v) is 11.3. The Morgan fingerprint density at radius 3 is 2.81 bits per heavy atom. The number of ketones is 1. The summed E-state index contributed by atoms with van der Waals surface area (Å²) >= 11 is 1.50. The fraction of sp³-hybridized carbons (Fsp3) is 0.474. The maximum absolute atomic E-state index is 12.9.